The summed E-state index contributed by atoms with van der Waals surface area (Å²) in [5.74, 6) is 2.36. The van der Waals surface area contributed by atoms with Gasteiger partial charge in [0, 0.05) is 36.8 Å². The van der Waals surface area contributed by atoms with Crippen LogP contribution in [0.15, 0.2) is 18.2 Å². The number of ether oxygens (including phenoxy) is 1. The average molecular weight is 481 g/mol. The van der Waals surface area contributed by atoms with Gasteiger partial charge in [-0.2, -0.15) is 0 Å². The van der Waals surface area contributed by atoms with E-state index in [9.17, 15) is 4.79 Å². The first-order chi connectivity index (χ1) is 16.5. The third-order valence-corrected chi connectivity index (χ3v) is 7.86. The van der Waals surface area contributed by atoms with Crippen LogP contribution in [0.25, 0.3) is 10.2 Å². The predicted molar refractivity (Wildman–Crippen MR) is 136 cm³/mol. The molecule has 34 heavy (non-hydrogen) atoms. The molecule has 0 bridgehead atoms. The van der Waals surface area contributed by atoms with E-state index < -0.39 is 0 Å². The Morgan fingerprint density at radius 2 is 1.97 bits per heavy atom. The molecule has 5 heterocycles. The molecule has 180 valence electrons. The molecule has 0 spiro atoms. The van der Waals surface area contributed by atoms with Gasteiger partial charge in [0.25, 0.3) is 0 Å². The van der Waals surface area contributed by atoms with E-state index in [4.69, 9.17) is 14.7 Å². The van der Waals surface area contributed by atoms with Crippen molar-refractivity contribution >= 4 is 39.1 Å². The van der Waals surface area contributed by atoms with Gasteiger partial charge in [-0.1, -0.05) is 6.07 Å². The number of carbonyl (C=O) groups is 1. The molecule has 8 nitrogen and oxygen atoms in total. The molecule has 2 saturated heterocycles. The maximum Gasteiger partial charge on any atom is 0.230 e. The number of hydrogen-bond acceptors (Lipinski definition) is 8. The van der Waals surface area contributed by atoms with E-state index in [-0.39, 0.29) is 11.8 Å². The smallest absolute Gasteiger partial charge is 0.230 e. The summed E-state index contributed by atoms with van der Waals surface area (Å²) in [6.07, 6.45) is 1.82. The number of aromatic nitrogens is 3. The largest absolute Gasteiger partial charge is 0.379 e. The number of rotatable bonds is 5. The third-order valence-electron chi connectivity index (χ3n) is 6.76. The normalized spacial score (nSPS) is 19.5. The number of aryl methyl sites for hydroxylation is 3. The van der Waals surface area contributed by atoms with Crippen molar-refractivity contribution in [3.63, 3.8) is 0 Å². The van der Waals surface area contributed by atoms with Crippen molar-refractivity contribution in [2.45, 2.75) is 40.2 Å². The Labute approximate surface area is 204 Å². The minimum atomic E-state index is -0.108. The van der Waals surface area contributed by atoms with Gasteiger partial charge in [0.15, 0.2) is 0 Å². The van der Waals surface area contributed by atoms with Crippen LogP contribution in [0.4, 0.5) is 11.6 Å². The second-order valence-electron chi connectivity index (χ2n) is 9.25. The van der Waals surface area contributed by atoms with Crippen LogP contribution in [0.3, 0.4) is 0 Å². The molecule has 9 heteroatoms. The summed E-state index contributed by atoms with van der Waals surface area (Å²) < 4.78 is 5.50. The zero-order chi connectivity index (χ0) is 23.7. The first-order valence-corrected chi connectivity index (χ1v) is 12.9. The predicted octanol–water partition coefficient (Wildman–Crippen LogP) is 3.70. The fraction of sp³-hybridized carbons (Fsp3) is 0.520. The lowest BCUT2D eigenvalue weighted by Gasteiger charge is -2.33. The zero-order valence-corrected chi connectivity index (χ0v) is 21.0. The Morgan fingerprint density at radius 1 is 1.15 bits per heavy atom. The van der Waals surface area contributed by atoms with Gasteiger partial charge in [0.1, 0.15) is 22.3 Å². The van der Waals surface area contributed by atoms with Crippen LogP contribution in [0.1, 0.15) is 34.8 Å². The fourth-order valence-corrected chi connectivity index (χ4v) is 5.80. The molecule has 0 saturated carbocycles. The molecule has 1 amide bonds. The van der Waals surface area contributed by atoms with E-state index >= 15 is 0 Å². The van der Waals surface area contributed by atoms with Crippen molar-refractivity contribution in [2.24, 2.45) is 5.92 Å². The molecule has 3 aromatic heterocycles. The molecule has 0 radical (unpaired) electrons. The van der Waals surface area contributed by atoms with E-state index in [2.05, 4.69) is 33.9 Å². The summed E-state index contributed by atoms with van der Waals surface area (Å²) in [6.45, 7) is 11.8. The van der Waals surface area contributed by atoms with Crippen molar-refractivity contribution in [3.05, 3.63) is 40.2 Å². The van der Waals surface area contributed by atoms with E-state index in [0.29, 0.717) is 12.4 Å². The molecular weight excluding hydrogens is 448 g/mol. The standard InChI is InChI=1S/C25H32N6O2S/c1-16-6-4-8-20(26-16)28-24(32)19-7-5-9-31(14-19)23-22-17(2)18(3)34-25(22)29-21(27-23)15-30-10-12-33-13-11-30/h4,6,8,19H,5,7,9-15H2,1-3H3,(H,26,28,32)/t19-/m1/s1. The van der Waals surface area contributed by atoms with E-state index in [0.717, 1.165) is 79.8 Å². The Kier molecular flexibility index (Phi) is 6.76. The average Bonchev–Trinajstić information content (AvgIpc) is 3.12. The molecule has 3 aromatic rings. The van der Waals surface area contributed by atoms with E-state index in [1.807, 2.05) is 25.1 Å². The van der Waals surface area contributed by atoms with Crippen LogP contribution in [-0.2, 0) is 16.1 Å². The Bertz CT molecular complexity index is 1190. The lowest BCUT2D eigenvalue weighted by molar-refractivity contribution is -0.120. The summed E-state index contributed by atoms with van der Waals surface area (Å²) in [5, 5.41) is 4.15. The Hall–Kier alpha value is -2.62. The molecule has 1 atom stereocenters. The number of pyridine rings is 1. The highest BCUT2D eigenvalue weighted by Gasteiger charge is 2.29. The van der Waals surface area contributed by atoms with Crippen molar-refractivity contribution in [2.75, 3.05) is 49.6 Å². The molecule has 0 unspecified atom stereocenters. The third kappa shape index (κ3) is 4.92. The number of amides is 1. The molecule has 5 rings (SSSR count). The number of nitrogens with zero attached hydrogens (tertiary/aromatic N) is 5. The van der Waals surface area contributed by atoms with Crippen LogP contribution in [0.5, 0.6) is 0 Å². The number of piperidine rings is 1. The second-order valence-corrected chi connectivity index (χ2v) is 10.5. The number of nitrogens with one attached hydrogen (secondary N) is 1. The number of anilines is 2. The monoisotopic (exact) mass is 480 g/mol. The molecule has 2 aliphatic heterocycles. The van der Waals surface area contributed by atoms with Gasteiger partial charge < -0.3 is 15.0 Å². The van der Waals surface area contributed by atoms with Crippen LogP contribution < -0.4 is 10.2 Å². The number of morpholine rings is 1. The number of hydrogen-bond donors (Lipinski definition) is 1. The lowest BCUT2D eigenvalue weighted by atomic mass is 9.96. The van der Waals surface area contributed by atoms with E-state index in [1.54, 1.807) is 11.3 Å². The summed E-state index contributed by atoms with van der Waals surface area (Å²) in [4.78, 5) is 34.5. The van der Waals surface area contributed by atoms with Gasteiger partial charge in [-0.3, -0.25) is 9.69 Å². The van der Waals surface area contributed by atoms with Gasteiger partial charge in [-0.25, -0.2) is 15.0 Å². The number of carbonyl (C=O) groups excluding carboxylic acids is 1. The van der Waals surface area contributed by atoms with Crippen molar-refractivity contribution in [3.8, 4) is 0 Å². The molecule has 1 N–H and O–H groups in total. The number of fused-ring (bicyclic) bond motifs is 1. The van der Waals surface area contributed by atoms with Crippen LogP contribution in [-0.4, -0.2) is 65.2 Å². The molecule has 0 aliphatic carbocycles. The molecular formula is C25H32N6O2S. The van der Waals surface area contributed by atoms with Gasteiger partial charge in [-0.15, -0.1) is 11.3 Å². The molecule has 0 aromatic carbocycles. The maximum atomic E-state index is 13.1. The molecule has 2 aliphatic rings. The van der Waals surface area contributed by atoms with Crippen molar-refractivity contribution in [1.29, 1.82) is 0 Å². The van der Waals surface area contributed by atoms with Crippen molar-refractivity contribution < 1.29 is 9.53 Å². The summed E-state index contributed by atoms with van der Waals surface area (Å²) in [5.41, 5.74) is 2.13. The fourth-order valence-electron chi connectivity index (χ4n) is 4.75. The highest BCUT2D eigenvalue weighted by molar-refractivity contribution is 7.18. The van der Waals surface area contributed by atoms with Crippen LogP contribution >= 0.6 is 11.3 Å². The Morgan fingerprint density at radius 3 is 2.76 bits per heavy atom. The highest BCUT2D eigenvalue weighted by Crippen LogP contribution is 2.36. The SMILES string of the molecule is Cc1cccc(NC(=O)[C@@H]2CCCN(c3nc(CN4CCOCC4)nc4sc(C)c(C)c34)C2)n1. The first kappa shape index (κ1) is 23.1. The maximum absolute atomic E-state index is 13.1. The Balaban J connectivity index is 1.40. The van der Waals surface area contributed by atoms with E-state index in [1.165, 1.54) is 10.4 Å². The van der Waals surface area contributed by atoms with Crippen LogP contribution in [0, 0.1) is 26.7 Å². The quantitative estimate of drug-likeness (QED) is 0.596. The van der Waals surface area contributed by atoms with Crippen molar-refractivity contribution in [1.82, 2.24) is 19.9 Å². The minimum Gasteiger partial charge on any atom is -0.379 e. The topological polar surface area (TPSA) is 83.5 Å². The first-order valence-electron chi connectivity index (χ1n) is 12.0. The molecule has 2 fully saturated rings. The zero-order valence-electron chi connectivity index (χ0n) is 20.1. The van der Waals surface area contributed by atoms with Gasteiger partial charge >= 0.3 is 0 Å². The number of thiophene rings is 1. The summed E-state index contributed by atoms with van der Waals surface area (Å²) in [6, 6.07) is 5.69. The van der Waals surface area contributed by atoms with Gasteiger partial charge in [0.2, 0.25) is 5.91 Å². The van der Waals surface area contributed by atoms with Gasteiger partial charge in [-0.05, 0) is 51.3 Å². The van der Waals surface area contributed by atoms with Gasteiger partial charge in [0.05, 0.1) is 31.1 Å². The highest BCUT2D eigenvalue weighted by atomic mass is 32.1. The summed E-state index contributed by atoms with van der Waals surface area (Å²) >= 11 is 1.73. The van der Waals surface area contributed by atoms with Crippen LogP contribution in [0.2, 0.25) is 0 Å². The second kappa shape index (κ2) is 9.93. The minimum absolute atomic E-state index is 0.0276. The summed E-state index contributed by atoms with van der Waals surface area (Å²) in [7, 11) is 0. The lowest BCUT2D eigenvalue weighted by Crippen LogP contribution is -2.41.